The van der Waals surface area contributed by atoms with E-state index >= 15 is 0 Å². The monoisotopic (exact) mass is 635 g/mol. The van der Waals surface area contributed by atoms with Crippen LogP contribution < -0.4 is 0 Å². The third-order valence-corrected chi connectivity index (χ3v) is 9.62. The molecule has 0 unspecified atom stereocenters. The second-order valence-electron chi connectivity index (χ2n) is 12.3. The molecule has 230 valence electrons. The summed E-state index contributed by atoms with van der Waals surface area (Å²) in [5.41, 5.74) is 11.2. The standard InChI is InChI=1S/C45H25N5/c46-26-29-16-19-35(33(22-29)28-48)39-23-30(27-47)17-20-44(39)50-43-15-6-3-12-38(43)40-25-32(18-21-45(40)50)31-8-7-9-34(24-31)49-41-13-4-1-10-36(41)37-11-2-5-14-42(37)49/h1-25H. The van der Waals surface area contributed by atoms with Crippen LogP contribution in [0.1, 0.15) is 16.7 Å². The predicted molar refractivity (Wildman–Crippen MR) is 200 cm³/mol. The van der Waals surface area contributed by atoms with Crippen molar-refractivity contribution in [1.29, 1.82) is 15.8 Å². The molecule has 9 rings (SSSR count). The van der Waals surface area contributed by atoms with E-state index in [4.69, 9.17) is 0 Å². The van der Waals surface area contributed by atoms with Gasteiger partial charge in [-0.3, -0.25) is 0 Å². The van der Waals surface area contributed by atoms with Crippen LogP contribution in [-0.2, 0) is 0 Å². The number of para-hydroxylation sites is 3. The minimum Gasteiger partial charge on any atom is -0.309 e. The van der Waals surface area contributed by atoms with Gasteiger partial charge in [-0.15, -0.1) is 0 Å². The first-order chi connectivity index (χ1) is 24.7. The molecule has 0 aliphatic heterocycles. The van der Waals surface area contributed by atoms with Crippen LogP contribution in [0.25, 0.3) is 77.2 Å². The van der Waals surface area contributed by atoms with Gasteiger partial charge in [0.2, 0.25) is 0 Å². The molecule has 0 spiro atoms. The average Bonchev–Trinajstić information content (AvgIpc) is 3.70. The molecule has 0 saturated heterocycles. The van der Waals surface area contributed by atoms with E-state index in [-0.39, 0.29) is 0 Å². The fraction of sp³-hybridized carbons (Fsp3) is 0. The Morgan fingerprint density at radius 2 is 0.960 bits per heavy atom. The van der Waals surface area contributed by atoms with Gasteiger partial charge in [-0.2, -0.15) is 15.8 Å². The summed E-state index contributed by atoms with van der Waals surface area (Å²) in [7, 11) is 0. The summed E-state index contributed by atoms with van der Waals surface area (Å²) in [4.78, 5) is 0. The molecule has 0 radical (unpaired) electrons. The second kappa shape index (κ2) is 11.4. The largest absolute Gasteiger partial charge is 0.309 e. The Labute approximate surface area is 287 Å². The molecule has 0 saturated carbocycles. The summed E-state index contributed by atoms with van der Waals surface area (Å²) < 4.78 is 4.54. The van der Waals surface area contributed by atoms with Gasteiger partial charge >= 0.3 is 0 Å². The molecular weight excluding hydrogens is 611 g/mol. The van der Waals surface area contributed by atoms with Crippen molar-refractivity contribution in [3.63, 3.8) is 0 Å². The molecule has 0 aliphatic rings. The van der Waals surface area contributed by atoms with Crippen LogP contribution in [0.2, 0.25) is 0 Å². The molecular formula is C45H25N5. The normalized spacial score (nSPS) is 11.1. The van der Waals surface area contributed by atoms with Crippen molar-refractivity contribution < 1.29 is 0 Å². The first kappa shape index (κ1) is 28.8. The van der Waals surface area contributed by atoms with Gasteiger partial charge in [0.25, 0.3) is 0 Å². The number of hydrogen-bond acceptors (Lipinski definition) is 3. The van der Waals surface area contributed by atoms with E-state index in [0.717, 1.165) is 49.9 Å². The van der Waals surface area contributed by atoms with Gasteiger partial charge in [0.05, 0.1) is 62.7 Å². The Morgan fingerprint density at radius 1 is 0.380 bits per heavy atom. The third kappa shape index (κ3) is 4.38. The molecule has 50 heavy (non-hydrogen) atoms. The van der Waals surface area contributed by atoms with E-state index in [1.165, 1.54) is 21.8 Å². The summed E-state index contributed by atoms with van der Waals surface area (Å²) in [6, 6.07) is 58.0. The Balaban J connectivity index is 1.25. The molecule has 0 amide bonds. The number of benzene rings is 7. The molecule has 0 N–H and O–H groups in total. The first-order valence-electron chi connectivity index (χ1n) is 16.3. The van der Waals surface area contributed by atoms with Crippen LogP contribution in [0, 0.1) is 34.0 Å². The van der Waals surface area contributed by atoms with Crippen molar-refractivity contribution in [2.45, 2.75) is 0 Å². The summed E-state index contributed by atoms with van der Waals surface area (Å²) in [6.45, 7) is 0. The zero-order valence-corrected chi connectivity index (χ0v) is 26.7. The van der Waals surface area contributed by atoms with Crippen molar-refractivity contribution in [1.82, 2.24) is 9.13 Å². The minimum absolute atomic E-state index is 0.381. The molecule has 5 heteroatoms. The highest BCUT2D eigenvalue weighted by Crippen LogP contribution is 2.40. The van der Waals surface area contributed by atoms with Gasteiger partial charge < -0.3 is 9.13 Å². The van der Waals surface area contributed by atoms with Crippen molar-refractivity contribution in [3.8, 4) is 51.8 Å². The number of rotatable bonds is 4. The Bertz CT molecular complexity index is 2920. The van der Waals surface area contributed by atoms with Crippen LogP contribution in [0.15, 0.2) is 152 Å². The molecule has 7 aromatic carbocycles. The Kier molecular flexibility index (Phi) is 6.56. The fourth-order valence-electron chi connectivity index (χ4n) is 7.39. The van der Waals surface area contributed by atoms with Gasteiger partial charge in [0.15, 0.2) is 0 Å². The number of hydrogen-bond donors (Lipinski definition) is 0. The Hall–Kier alpha value is -7.39. The van der Waals surface area contributed by atoms with Crippen molar-refractivity contribution >= 4 is 43.6 Å². The molecule has 0 aliphatic carbocycles. The van der Waals surface area contributed by atoms with Crippen LogP contribution in [0.4, 0.5) is 0 Å². The van der Waals surface area contributed by atoms with Crippen LogP contribution >= 0.6 is 0 Å². The third-order valence-electron chi connectivity index (χ3n) is 9.62. The van der Waals surface area contributed by atoms with Crippen LogP contribution in [0.5, 0.6) is 0 Å². The SMILES string of the molecule is N#Cc1ccc(-c2cc(C#N)ccc2-n2c3ccccc3c3cc(-c4cccc(-n5c6ccccc6c6ccccc65)c4)ccc32)c(C#N)c1. The first-order valence-corrected chi connectivity index (χ1v) is 16.3. The van der Waals surface area contributed by atoms with E-state index in [0.29, 0.717) is 22.3 Å². The van der Waals surface area contributed by atoms with Crippen molar-refractivity contribution in [2.24, 2.45) is 0 Å². The van der Waals surface area contributed by atoms with E-state index < -0.39 is 0 Å². The minimum atomic E-state index is 0.381. The van der Waals surface area contributed by atoms with E-state index in [9.17, 15) is 15.8 Å². The molecule has 0 atom stereocenters. The van der Waals surface area contributed by atoms with E-state index in [1.807, 2.05) is 24.3 Å². The van der Waals surface area contributed by atoms with Crippen molar-refractivity contribution in [3.05, 3.63) is 168 Å². The Morgan fingerprint density at radius 3 is 1.64 bits per heavy atom. The summed E-state index contributed by atoms with van der Waals surface area (Å²) in [5, 5.41) is 34.1. The highest BCUT2D eigenvalue weighted by atomic mass is 15.0. The molecule has 2 heterocycles. The lowest BCUT2D eigenvalue weighted by atomic mass is 9.95. The summed E-state index contributed by atoms with van der Waals surface area (Å²) in [6.07, 6.45) is 0. The van der Waals surface area contributed by atoms with Gasteiger partial charge in [-0.1, -0.05) is 78.9 Å². The van der Waals surface area contributed by atoms with Gasteiger partial charge in [-0.05, 0) is 83.9 Å². The highest BCUT2D eigenvalue weighted by molar-refractivity contribution is 6.11. The smallest absolute Gasteiger partial charge is 0.0998 e. The predicted octanol–water partition coefficient (Wildman–Crippen LogP) is 10.8. The number of nitriles is 3. The number of fused-ring (bicyclic) bond motifs is 6. The van der Waals surface area contributed by atoms with Gasteiger partial charge in [-0.25, -0.2) is 0 Å². The summed E-state index contributed by atoms with van der Waals surface area (Å²) in [5.74, 6) is 0. The lowest BCUT2D eigenvalue weighted by molar-refractivity contribution is 1.18. The van der Waals surface area contributed by atoms with E-state index in [1.54, 1.807) is 18.2 Å². The molecule has 2 aromatic heterocycles. The topological polar surface area (TPSA) is 81.2 Å². The van der Waals surface area contributed by atoms with Gasteiger partial charge in [0, 0.05) is 38.4 Å². The zero-order valence-electron chi connectivity index (χ0n) is 26.7. The lowest BCUT2D eigenvalue weighted by Crippen LogP contribution is -1.99. The highest BCUT2D eigenvalue weighted by Gasteiger charge is 2.19. The summed E-state index contributed by atoms with van der Waals surface area (Å²) >= 11 is 0. The van der Waals surface area contributed by atoms with Crippen molar-refractivity contribution in [2.75, 3.05) is 0 Å². The maximum Gasteiger partial charge on any atom is 0.0998 e. The number of aromatic nitrogens is 2. The average molecular weight is 636 g/mol. The molecule has 0 bridgehead atoms. The van der Waals surface area contributed by atoms with Gasteiger partial charge in [0.1, 0.15) is 0 Å². The van der Waals surface area contributed by atoms with Crippen LogP contribution in [-0.4, -0.2) is 9.13 Å². The zero-order chi connectivity index (χ0) is 33.8. The maximum atomic E-state index is 10.1. The quantitative estimate of drug-likeness (QED) is 0.193. The van der Waals surface area contributed by atoms with Crippen LogP contribution in [0.3, 0.4) is 0 Å². The maximum absolute atomic E-state index is 10.1. The molecule has 5 nitrogen and oxygen atoms in total. The second-order valence-corrected chi connectivity index (χ2v) is 12.3. The molecule has 0 fully saturated rings. The molecule has 9 aromatic rings. The lowest BCUT2D eigenvalue weighted by Gasteiger charge is -2.16. The van der Waals surface area contributed by atoms with E-state index in [2.05, 4.69) is 137 Å². The fourth-order valence-corrected chi connectivity index (χ4v) is 7.39. The number of nitrogens with zero attached hydrogens (tertiary/aromatic N) is 5.